The van der Waals surface area contributed by atoms with Gasteiger partial charge in [0.25, 0.3) is 0 Å². The van der Waals surface area contributed by atoms with Crippen molar-refractivity contribution in [3.8, 4) is 0 Å². The molecule has 1 aromatic heterocycles. The van der Waals surface area contributed by atoms with E-state index in [1.807, 2.05) is 6.07 Å². The van der Waals surface area contributed by atoms with Crippen LogP contribution in [0.5, 0.6) is 0 Å². The molecule has 2 atom stereocenters. The van der Waals surface area contributed by atoms with Crippen molar-refractivity contribution in [2.75, 3.05) is 6.54 Å². The van der Waals surface area contributed by atoms with Crippen LogP contribution in [0.15, 0.2) is 21.2 Å². The summed E-state index contributed by atoms with van der Waals surface area (Å²) in [6.07, 6.45) is 1.74. The molecule has 0 amide bonds. The second kappa shape index (κ2) is 5.37. The highest BCUT2D eigenvalue weighted by atomic mass is 79.9. The average molecular weight is 288 g/mol. The minimum absolute atomic E-state index is 0.175. The lowest BCUT2D eigenvalue weighted by molar-refractivity contribution is 0.334. The molecule has 1 rings (SSSR count). The Kier molecular flexibility index (Phi) is 4.62. The van der Waals surface area contributed by atoms with Gasteiger partial charge in [-0.05, 0) is 55.2 Å². The molecule has 3 heteroatoms. The van der Waals surface area contributed by atoms with Gasteiger partial charge in [0, 0.05) is 11.5 Å². The molecular weight excluding hydrogens is 266 g/mol. The third-order valence-corrected chi connectivity index (χ3v) is 3.52. The summed E-state index contributed by atoms with van der Waals surface area (Å²) in [4.78, 5) is 0. The highest BCUT2D eigenvalue weighted by Gasteiger charge is 2.21. The molecule has 2 unspecified atom stereocenters. The van der Waals surface area contributed by atoms with Gasteiger partial charge in [-0.2, -0.15) is 0 Å². The number of hydrogen-bond donors (Lipinski definition) is 1. The van der Waals surface area contributed by atoms with Gasteiger partial charge in [-0.25, -0.2) is 0 Å². The van der Waals surface area contributed by atoms with Crippen LogP contribution in [0, 0.1) is 5.92 Å². The van der Waals surface area contributed by atoms with E-state index in [4.69, 9.17) is 4.42 Å². The Morgan fingerprint density at radius 1 is 1.38 bits per heavy atom. The molecule has 0 saturated carbocycles. The quantitative estimate of drug-likeness (QED) is 0.899. The standard InChI is InChI=1S/C13H22BrNO/c1-9(8-15-13(3,4)5)10(2)12-11(14)6-7-16-12/h6-7,9-10,15H,8H2,1-5H3. The first kappa shape index (κ1) is 13.8. The Morgan fingerprint density at radius 3 is 2.44 bits per heavy atom. The highest BCUT2D eigenvalue weighted by Crippen LogP contribution is 2.30. The van der Waals surface area contributed by atoms with E-state index in [-0.39, 0.29) is 5.54 Å². The van der Waals surface area contributed by atoms with E-state index in [0.717, 1.165) is 16.8 Å². The van der Waals surface area contributed by atoms with Crippen LogP contribution in [0.1, 0.15) is 46.3 Å². The van der Waals surface area contributed by atoms with Crippen molar-refractivity contribution in [2.24, 2.45) is 5.92 Å². The van der Waals surface area contributed by atoms with Crippen LogP contribution < -0.4 is 5.32 Å². The van der Waals surface area contributed by atoms with Crippen LogP contribution in [0.2, 0.25) is 0 Å². The molecule has 0 saturated heterocycles. The maximum Gasteiger partial charge on any atom is 0.121 e. The van der Waals surface area contributed by atoms with E-state index < -0.39 is 0 Å². The van der Waals surface area contributed by atoms with Gasteiger partial charge in [0.05, 0.1) is 10.7 Å². The molecule has 1 N–H and O–H groups in total. The molecule has 0 aliphatic carbocycles. The Balaban J connectivity index is 2.55. The monoisotopic (exact) mass is 287 g/mol. The van der Waals surface area contributed by atoms with Gasteiger partial charge < -0.3 is 9.73 Å². The fourth-order valence-corrected chi connectivity index (χ4v) is 2.10. The lowest BCUT2D eigenvalue weighted by Crippen LogP contribution is -2.39. The average Bonchev–Trinajstić information content (AvgIpc) is 2.58. The topological polar surface area (TPSA) is 25.2 Å². The molecule has 2 nitrogen and oxygen atoms in total. The third kappa shape index (κ3) is 3.95. The predicted octanol–water partition coefficient (Wildman–Crippen LogP) is 4.17. The Hall–Kier alpha value is -0.280. The van der Waals surface area contributed by atoms with E-state index in [9.17, 15) is 0 Å². The molecule has 16 heavy (non-hydrogen) atoms. The molecule has 0 fully saturated rings. The van der Waals surface area contributed by atoms with Gasteiger partial charge in [-0.3, -0.25) is 0 Å². The number of furan rings is 1. The first-order valence-electron chi connectivity index (χ1n) is 5.79. The van der Waals surface area contributed by atoms with E-state index in [1.54, 1.807) is 6.26 Å². The van der Waals surface area contributed by atoms with Gasteiger partial charge in [0.1, 0.15) is 5.76 Å². The van der Waals surface area contributed by atoms with E-state index in [1.165, 1.54) is 0 Å². The molecule has 0 aromatic carbocycles. The molecule has 0 aliphatic heterocycles. The van der Waals surface area contributed by atoms with E-state index in [2.05, 4.69) is 55.9 Å². The first-order chi connectivity index (χ1) is 7.31. The fraction of sp³-hybridized carbons (Fsp3) is 0.692. The zero-order valence-electron chi connectivity index (χ0n) is 10.8. The maximum atomic E-state index is 5.50. The van der Waals surface area contributed by atoms with Crippen molar-refractivity contribution in [1.29, 1.82) is 0 Å². The van der Waals surface area contributed by atoms with Gasteiger partial charge in [-0.15, -0.1) is 0 Å². The summed E-state index contributed by atoms with van der Waals surface area (Å²) in [5.41, 5.74) is 0.175. The minimum Gasteiger partial charge on any atom is -0.468 e. The molecular formula is C13H22BrNO. The molecule has 0 spiro atoms. The molecule has 1 aromatic rings. The SMILES string of the molecule is CC(CNC(C)(C)C)C(C)c1occc1Br. The molecule has 92 valence electrons. The maximum absolute atomic E-state index is 5.50. The van der Waals surface area contributed by atoms with Crippen LogP contribution in [-0.4, -0.2) is 12.1 Å². The highest BCUT2D eigenvalue weighted by molar-refractivity contribution is 9.10. The fourth-order valence-electron chi connectivity index (χ4n) is 1.53. The van der Waals surface area contributed by atoms with Crippen LogP contribution >= 0.6 is 15.9 Å². The first-order valence-corrected chi connectivity index (χ1v) is 6.58. The zero-order chi connectivity index (χ0) is 12.3. The van der Waals surface area contributed by atoms with Crippen LogP contribution in [0.3, 0.4) is 0 Å². The van der Waals surface area contributed by atoms with Crippen LogP contribution in [-0.2, 0) is 0 Å². The zero-order valence-corrected chi connectivity index (χ0v) is 12.4. The van der Waals surface area contributed by atoms with Crippen LogP contribution in [0.4, 0.5) is 0 Å². The third-order valence-electron chi connectivity index (χ3n) is 2.87. The lowest BCUT2D eigenvalue weighted by atomic mass is 9.92. The summed E-state index contributed by atoms with van der Waals surface area (Å²) < 4.78 is 6.58. The number of rotatable bonds is 4. The largest absolute Gasteiger partial charge is 0.468 e. The normalized spacial score (nSPS) is 16.1. The Labute approximate surface area is 107 Å². The smallest absolute Gasteiger partial charge is 0.121 e. The van der Waals surface area contributed by atoms with Crippen LogP contribution in [0.25, 0.3) is 0 Å². The number of nitrogens with one attached hydrogen (secondary N) is 1. The molecule has 0 aliphatic rings. The van der Waals surface area contributed by atoms with E-state index in [0.29, 0.717) is 11.8 Å². The van der Waals surface area contributed by atoms with Crippen molar-refractivity contribution < 1.29 is 4.42 Å². The van der Waals surface area contributed by atoms with Crippen molar-refractivity contribution in [3.05, 3.63) is 22.6 Å². The minimum atomic E-state index is 0.175. The van der Waals surface area contributed by atoms with Gasteiger partial charge >= 0.3 is 0 Å². The van der Waals surface area contributed by atoms with Gasteiger partial charge in [-0.1, -0.05) is 13.8 Å². The van der Waals surface area contributed by atoms with Crippen molar-refractivity contribution in [1.82, 2.24) is 5.32 Å². The van der Waals surface area contributed by atoms with E-state index >= 15 is 0 Å². The Bertz CT molecular complexity index is 327. The Morgan fingerprint density at radius 2 is 2.00 bits per heavy atom. The second-order valence-electron chi connectivity index (χ2n) is 5.53. The molecule has 1 heterocycles. The summed E-state index contributed by atoms with van der Waals surface area (Å²) in [5.74, 6) is 2.00. The molecule has 0 bridgehead atoms. The van der Waals surface area contributed by atoms with Crippen molar-refractivity contribution in [3.63, 3.8) is 0 Å². The summed E-state index contributed by atoms with van der Waals surface area (Å²) in [6.45, 7) is 12.0. The summed E-state index contributed by atoms with van der Waals surface area (Å²) in [6, 6.07) is 1.95. The summed E-state index contributed by atoms with van der Waals surface area (Å²) >= 11 is 3.51. The lowest BCUT2D eigenvalue weighted by Gasteiger charge is -2.26. The van der Waals surface area contributed by atoms with Gasteiger partial charge in [0.2, 0.25) is 0 Å². The number of hydrogen-bond acceptors (Lipinski definition) is 2. The number of halogens is 1. The van der Waals surface area contributed by atoms with Gasteiger partial charge in [0.15, 0.2) is 0 Å². The predicted molar refractivity (Wildman–Crippen MR) is 71.7 cm³/mol. The summed E-state index contributed by atoms with van der Waals surface area (Å²) in [7, 11) is 0. The molecule has 0 radical (unpaired) electrons. The second-order valence-corrected chi connectivity index (χ2v) is 6.38. The van der Waals surface area contributed by atoms with Crippen molar-refractivity contribution >= 4 is 15.9 Å². The summed E-state index contributed by atoms with van der Waals surface area (Å²) in [5, 5.41) is 3.53. The van der Waals surface area contributed by atoms with Crippen molar-refractivity contribution in [2.45, 2.75) is 46.1 Å².